The first-order valence-electron chi connectivity index (χ1n) is 10.6. The Balaban J connectivity index is 1.64. The smallest absolute Gasteiger partial charge is 0.177 e. The summed E-state index contributed by atoms with van der Waals surface area (Å²) in [6.45, 7) is 0. The van der Waals surface area contributed by atoms with Crippen molar-refractivity contribution in [3.8, 4) is 22.8 Å². The van der Waals surface area contributed by atoms with E-state index < -0.39 is 0 Å². The third kappa shape index (κ3) is 3.80. The van der Waals surface area contributed by atoms with E-state index in [4.69, 9.17) is 26.9 Å². The van der Waals surface area contributed by atoms with Gasteiger partial charge in [0.15, 0.2) is 5.65 Å². The lowest BCUT2D eigenvalue weighted by atomic mass is 9.81. The molecule has 158 valence electrons. The molecule has 5 rings (SSSR count). The van der Waals surface area contributed by atoms with Gasteiger partial charge in [-0.1, -0.05) is 30.3 Å². The Morgan fingerprint density at radius 1 is 0.935 bits per heavy atom. The summed E-state index contributed by atoms with van der Waals surface area (Å²) in [5.41, 5.74) is 22.0. The number of ether oxygens (including phenoxy) is 1. The molecule has 7 nitrogen and oxygen atoms in total. The fourth-order valence-corrected chi connectivity index (χ4v) is 4.38. The Morgan fingerprint density at radius 2 is 1.71 bits per heavy atom. The molecule has 6 N–H and O–H groups in total. The number of anilines is 2. The molecular weight excluding hydrogens is 388 g/mol. The molecule has 0 saturated heterocycles. The lowest BCUT2D eigenvalue weighted by molar-refractivity contribution is 0.384. The normalized spacial score (nSPS) is 18.9. The van der Waals surface area contributed by atoms with Crippen LogP contribution in [0.25, 0.3) is 16.9 Å². The summed E-state index contributed by atoms with van der Waals surface area (Å²) in [4.78, 5) is 4.74. The number of hydrogen-bond acceptors (Lipinski definition) is 6. The lowest BCUT2D eigenvalue weighted by Crippen LogP contribution is -2.25. The maximum absolute atomic E-state index is 6.47. The van der Waals surface area contributed by atoms with Crippen LogP contribution in [0.4, 0.5) is 11.5 Å². The van der Waals surface area contributed by atoms with Crippen LogP contribution in [0.5, 0.6) is 11.5 Å². The lowest BCUT2D eigenvalue weighted by Gasteiger charge is -2.28. The standard InChI is InChI=1S/C24H26N6O/c25-16-11-9-15(10-12-16)18-7-4-8-19(23(18)31-17-5-2-1-3-6-17)21-14-30-24(28-21)20(26)13-22(27)29-30/h1-8,13-16H,9-12,25-26H2,(H2,27,29)/t15-,16-. The monoisotopic (exact) mass is 414 g/mol. The molecule has 0 bridgehead atoms. The second kappa shape index (κ2) is 7.92. The van der Waals surface area contributed by atoms with Gasteiger partial charge < -0.3 is 21.9 Å². The fraction of sp³-hybridized carbons (Fsp3) is 0.250. The SMILES string of the molecule is Nc1cc(N)c2nc(-c3cccc([C@H]4CC[C@H](N)CC4)c3Oc3ccccc3)cn2n1. The highest BCUT2D eigenvalue weighted by atomic mass is 16.5. The molecule has 4 aromatic rings. The summed E-state index contributed by atoms with van der Waals surface area (Å²) >= 11 is 0. The van der Waals surface area contributed by atoms with Crippen LogP contribution in [0.3, 0.4) is 0 Å². The van der Waals surface area contributed by atoms with Gasteiger partial charge in [-0.25, -0.2) is 9.50 Å². The van der Waals surface area contributed by atoms with E-state index in [-0.39, 0.29) is 6.04 Å². The van der Waals surface area contributed by atoms with E-state index >= 15 is 0 Å². The third-order valence-corrected chi connectivity index (χ3v) is 5.97. The van der Waals surface area contributed by atoms with Gasteiger partial charge in [0.2, 0.25) is 0 Å². The van der Waals surface area contributed by atoms with Gasteiger partial charge in [0, 0.05) is 17.7 Å². The highest BCUT2D eigenvalue weighted by Gasteiger charge is 2.25. The molecule has 31 heavy (non-hydrogen) atoms. The molecule has 0 radical (unpaired) electrons. The van der Waals surface area contributed by atoms with Crippen LogP contribution in [0.2, 0.25) is 0 Å². The van der Waals surface area contributed by atoms with Crippen LogP contribution in [-0.2, 0) is 0 Å². The van der Waals surface area contributed by atoms with Crippen molar-refractivity contribution >= 4 is 17.2 Å². The molecule has 0 aliphatic heterocycles. The number of nitrogens with zero attached hydrogens (tertiary/aromatic N) is 3. The van der Waals surface area contributed by atoms with Gasteiger partial charge in [-0.2, -0.15) is 0 Å². The predicted octanol–water partition coefficient (Wildman–Crippen LogP) is 4.34. The van der Waals surface area contributed by atoms with Crippen LogP contribution in [-0.4, -0.2) is 20.6 Å². The quantitative estimate of drug-likeness (QED) is 0.457. The minimum absolute atomic E-state index is 0.288. The van der Waals surface area contributed by atoms with Crippen LogP contribution < -0.4 is 21.9 Å². The number of nitrogens with two attached hydrogens (primary N) is 3. The van der Waals surface area contributed by atoms with Gasteiger partial charge in [0.1, 0.15) is 17.3 Å². The molecular formula is C24H26N6O. The van der Waals surface area contributed by atoms with E-state index in [0.29, 0.717) is 23.1 Å². The first-order chi connectivity index (χ1) is 15.1. The Kier molecular flexibility index (Phi) is 4.95. The first kappa shape index (κ1) is 19.4. The zero-order valence-electron chi connectivity index (χ0n) is 17.2. The molecule has 2 aromatic heterocycles. The molecule has 1 fully saturated rings. The van der Waals surface area contributed by atoms with Crippen molar-refractivity contribution in [1.82, 2.24) is 14.6 Å². The number of imidazole rings is 1. The second-order valence-corrected chi connectivity index (χ2v) is 8.17. The number of aromatic nitrogens is 3. The van der Waals surface area contributed by atoms with E-state index in [1.807, 2.05) is 42.6 Å². The van der Waals surface area contributed by atoms with E-state index in [0.717, 1.165) is 48.4 Å². The van der Waals surface area contributed by atoms with E-state index in [1.54, 1.807) is 10.6 Å². The zero-order valence-corrected chi connectivity index (χ0v) is 17.2. The first-order valence-corrected chi connectivity index (χ1v) is 10.6. The number of benzene rings is 2. The molecule has 0 unspecified atom stereocenters. The molecule has 0 amide bonds. The van der Waals surface area contributed by atoms with Crippen molar-refractivity contribution in [2.45, 2.75) is 37.6 Å². The average Bonchev–Trinajstić information content (AvgIpc) is 3.19. The minimum atomic E-state index is 0.288. The molecule has 2 aromatic carbocycles. The van der Waals surface area contributed by atoms with Gasteiger partial charge in [0.05, 0.1) is 17.6 Å². The van der Waals surface area contributed by atoms with Gasteiger partial charge in [0.25, 0.3) is 0 Å². The molecule has 1 aliphatic carbocycles. The number of rotatable bonds is 4. The third-order valence-electron chi connectivity index (χ3n) is 5.97. The Labute approximate surface area is 180 Å². The van der Waals surface area contributed by atoms with Crippen molar-refractivity contribution in [2.75, 3.05) is 11.5 Å². The maximum Gasteiger partial charge on any atom is 0.177 e. The molecule has 0 spiro atoms. The van der Waals surface area contributed by atoms with Crippen molar-refractivity contribution in [3.63, 3.8) is 0 Å². The van der Waals surface area contributed by atoms with Crippen molar-refractivity contribution in [2.24, 2.45) is 5.73 Å². The van der Waals surface area contributed by atoms with Crippen LogP contribution in [0.1, 0.15) is 37.2 Å². The summed E-state index contributed by atoms with van der Waals surface area (Å²) < 4.78 is 8.09. The maximum atomic E-state index is 6.47. The molecule has 1 aliphatic rings. The van der Waals surface area contributed by atoms with Crippen molar-refractivity contribution < 1.29 is 4.74 Å². The Morgan fingerprint density at radius 3 is 2.48 bits per heavy atom. The molecule has 1 saturated carbocycles. The van der Waals surface area contributed by atoms with Gasteiger partial charge >= 0.3 is 0 Å². The Hall–Kier alpha value is -3.58. The minimum Gasteiger partial charge on any atom is -0.456 e. The number of fused-ring (bicyclic) bond motifs is 1. The summed E-state index contributed by atoms with van der Waals surface area (Å²) in [7, 11) is 0. The highest BCUT2D eigenvalue weighted by Crippen LogP contribution is 2.43. The number of hydrogen-bond donors (Lipinski definition) is 3. The summed E-state index contributed by atoms with van der Waals surface area (Å²) in [6.07, 6.45) is 5.98. The van der Waals surface area contributed by atoms with Crippen LogP contribution >= 0.6 is 0 Å². The summed E-state index contributed by atoms with van der Waals surface area (Å²) in [5, 5.41) is 4.31. The zero-order chi connectivity index (χ0) is 21.4. The van der Waals surface area contributed by atoms with Crippen molar-refractivity contribution in [3.05, 3.63) is 66.4 Å². The predicted molar refractivity (Wildman–Crippen MR) is 123 cm³/mol. The number of para-hydroxylation sites is 2. The largest absolute Gasteiger partial charge is 0.456 e. The van der Waals surface area contributed by atoms with Gasteiger partial charge in [-0.05, 0) is 55.4 Å². The molecule has 2 heterocycles. The summed E-state index contributed by atoms with van der Waals surface area (Å²) in [6, 6.07) is 18.0. The van der Waals surface area contributed by atoms with Crippen LogP contribution in [0, 0.1) is 0 Å². The van der Waals surface area contributed by atoms with Crippen LogP contribution in [0.15, 0.2) is 60.8 Å². The highest BCUT2D eigenvalue weighted by molar-refractivity contribution is 5.76. The van der Waals surface area contributed by atoms with E-state index in [1.165, 1.54) is 5.56 Å². The molecule has 0 atom stereocenters. The topological polar surface area (TPSA) is 117 Å². The van der Waals surface area contributed by atoms with Gasteiger partial charge in [-0.3, -0.25) is 0 Å². The summed E-state index contributed by atoms with van der Waals surface area (Å²) in [5.74, 6) is 2.36. The van der Waals surface area contributed by atoms with E-state index in [9.17, 15) is 0 Å². The molecule has 7 heteroatoms. The Bertz CT molecular complexity index is 1210. The van der Waals surface area contributed by atoms with E-state index in [2.05, 4.69) is 17.2 Å². The number of nitrogen functional groups attached to an aromatic ring is 2. The fourth-order valence-electron chi connectivity index (χ4n) is 4.38. The average molecular weight is 415 g/mol. The van der Waals surface area contributed by atoms with Crippen molar-refractivity contribution in [1.29, 1.82) is 0 Å². The second-order valence-electron chi connectivity index (χ2n) is 8.17. The van der Waals surface area contributed by atoms with Gasteiger partial charge in [-0.15, -0.1) is 5.10 Å².